The summed E-state index contributed by atoms with van der Waals surface area (Å²) in [5.41, 5.74) is 15.4. The number of aldehydes is 1. The lowest BCUT2D eigenvalue weighted by atomic mass is 9.96. The van der Waals surface area contributed by atoms with Gasteiger partial charge in [-0.25, -0.2) is 0 Å². The molecular weight excluding hydrogens is 1110 g/mol. The van der Waals surface area contributed by atoms with Crippen molar-refractivity contribution in [3.63, 3.8) is 0 Å². The predicted molar refractivity (Wildman–Crippen MR) is 323 cm³/mol. The maximum Gasteiger partial charge on any atom is 0.278 e. The monoisotopic (exact) mass is 1180 g/mol. The van der Waals surface area contributed by atoms with Crippen LogP contribution in [0.15, 0.2) is 88.4 Å². The van der Waals surface area contributed by atoms with Gasteiger partial charge >= 0.3 is 0 Å². The number of nitrogens with zero attached hydrogens (tertiary/aromatic N) is 5. The number of aliphatic imine (C=N–C) groups is 1. The highest BCUT2D eigenvalue weighted by Crippen LogP contribution is 2.40. The molecule has 0 spiro atoms. The minimum absolute atomic E-state index is 0.0745. The Morgan fingerprint density at radius 3 is 2.53 bits per heavy atom. The van der Waals surface area contributed by atoms with Gasteiger partial charge in [0.25, 0.3) is 17.7 Å². The number of fused-ring (bicyclic) bond motifs is 7. The molecule has 3 aliphatic rings. The number of imide groups is 2. The van der Waals surface area contributed by atoms with Gasteiger partial charge in [-0.3, -0.25) is 48.6 Å². The molecule has 5 amide bonds. The fraction of sp³-hybridized carbons (Fsp3) is 0.379. The Morgan fingerprint density at radius 1 is 0.951 bits per heavy atom. The summed E-state index contributed by atoms with van der Waals surface area (Å²) in [6.45, 7) is 5.07. The third-order valence-corrected chi connectivity index (χ3v) is 16.9. The maximum absolute atomic E-state index is 14.0. The van der Waals surface area contributed by atoms with Crippen molar-refractivity contribution >= 4 is 122 Å². The van der Waals surface area contributed by atoms with Crippen LogP contribution in [0.25, 0.3) is 27.2 Å². The summed E-state index contributed by atoms with van der Waals surface area (Å²) in [5, 5.41) is 16.9. The molecule has 4 aromatic carbocycles. The average Bonchev–Trinajstić information content (AvgIpc) is 4.15. The number of halogens is 1. The quantitative estimate of drug-likeness (QED) is 0.0193. The standard InChI is InChI=1S/C38H44ClN7O2S3.C20H23N3O7/c1-23(42-3)34-32(40)22-49-20-25-18-26(46(5)43-25)21-50-27-17-24-9-6-7-10-28(24)33(19-27)48-15-8-11-29-30-12-13-31(39)35(34)36(30)45(4)37(29)38(47)44-51-16-14-41-2;24-8-2-9-29-11-12-30-10-7-21-14-4-1-3-13-17(14)20(28)23(19(13)27)15-5-6-16(25)22-18(15)26/h6-7,9-10,12-13,17-19,41H,8,11,14-16,20-22,40H2,1-5H3,(H,44,47);1,3-4,8,15,21H,2,5-7,9-12H2,(H,22,25,26)/b34-32+,42-23?;. The Bertz CT molecular complexity index is 3400. The maximum atomic E-state index is 14.0. The van der Waals surface area contributed by atoms with Gasteiger partial charge in [0.1, 0.15) is 23.8 Å². The van der Waals surface area contributed by atoms with E-state index in [0.29, 0.717) is 92.4 Å². The molecule has 1 saturated heterocycles. The molecule has 9 rings (SSSR count). The molecule has 1 fully saturated rings. The number of nitrogens with two attached hydrogens (primary N) is 1. The van der Waals surface area contributed by atoms with Crippen molar-refractivity contribution in [1.29, 1.82) is 0 Å². The Hall–Kier alpha value is -6.66. The number of ether oxygens (including phenoxy) is 3. The molecule has 1 atom stereocenters. The van der Waals surface area contributed by atoms with E-state index in [1.807, 2.05) is 55.5 Å². The summed E-state index contributed by atoms with van der Waals surface area (Å²) in [6.07, 6.45) is 2.65. The Morgan fingerprint density at radius 2 is 1.75 bits per heavy atom. The van der Waals surface area contributed by atoms with E-state index in [-0.39, 0.29) is 29.9 Å². The molecule has 428 valence electrons. The zero-order valence-corrected chi connectivity index (χ0v) is 49.2. The van der Waals surface area contributed by atoms with Crippen molar-refractivity contribution in [3.05, 3.63) is 123 Å². The van der Waals surface area contributed by atoms with Gasteiger partial charge in [-0.1, -0.05) is 48.0 Å². The van der Waals surface area contributed by atoms with E-state index in [1.54, 1.807) is 48.8 Å². The number of piperidine rings is 1. The van der Waals surface area contributed by atoms with Crippen LogP contribution in [0.2, 0.25) is 5.02 Å². The van der Waals surface area contributed by atoms with Crippen LogP contribution in [-0.2, 0) is 55.9 Å². The van der Waals surface area contributed by atoms with Gasteiger partial charge in [0.2, 0.25) is 11.8 Å². The minimum atomic E-state index is -0.995. The molecule has 81 heavy (non-hydrogen) atoms. The molecule has 0 radical (unpaired) electrons. The van der Waals surface area contributed by atoms with Gasteiger partial charge in [0.15, 0.2) is 0 Å². The highest BCUT2D eigenvalue weighted by atomic mass is 35.5. The van der Waals surface area contributed by atoms with Crippen LogP contribution in [0.4, 0.5) is 5.69 Å². The number of hydrogen-bond donors (Lipinski definition) is 5. The molecule has 2 aromatic heterocycles. The summed E-state index contributed by atoms with van der Waals surface area (Å²) < 4.78 is 24.2. The number of carbonyl (C=O) groups is 6. The second kappa shape index (κ2) is 28.8. The van der Waals surface area contributed by atoms with Gasteiger partial charge in [0, 0.05) is 120 Å². The SMILES string of the molecule is CN=C(C)/C1=C(\N)CSCc2cc(n(C)n2)CSc2cc(c3ccccc3c2)OCCCc2c(C(=O)NSCCNC)n(C)c3c1c(Cl)ccc23.O=CCCOCCOCCNc1cccc2c1C(=O)N(C1CCC(=O)NC1=O)C2=O. The molecule has 0 aliphatic carbocycles. The Balaban J connectivity index is 0.000000244. The van der Waals surface area contributed by atoms with E-state index in [1.165, 1.54) is 11.9 Å². The Labute approximate surface area is 488 Å². The van der Waals surface area contributed by atoms with Crippen LogP contribution in [-0.4, -0.2) is 139 Å². The molecule has 6 aromatic rings. The van der Waals surface area contributed by atoms with Gasteiger partial charge in [-0.15, -0.1) is 23.5 Å². The van der Waals surface area contributed by atoms with E-state index in [0.717, 1.165) is 95.4 Å². The number of rotatable bonds is 17. The Kier molecular flexibility index (Phi) is 21.5. The summed E-state index contributed by atoms with van der Waals surface area (Å²) in [4.78, 5) is 80.0. The number of aromatic nitrogens is 3. The number of allylic oxidation sites excluding steroid dienone is 1. The van der Waals surface area contributed by atoms with Crippen molar-refractivity contribution in [1.82, 2.24) is 34.6 Å². The number of nitrogens with one attached hydrogen (secondary N) is 4. The fourth-order valence-corrected chi connectivity index (χ4v) is 12.6. The van der Waals surface area contributed by atoms with Crippen LogP contribution < -0.4 is 31.1 Å². The predicted octanol–water partition coefficient (Wildman–Crippen LogP) is 7.75. The van der Waals surface area contributed by atoms with E-state index in [9.17, 15) is 28.8 Å². The highest BCUT2D eigenvalue weighted by molar-refractivity contribution is 7.99. The zero-order valence-electron chi connectivity index (χ0n) is 46.0. The molecule has 5 heterocycles. The first-order chi connectivity index (χ1) is 39.3. The van der Waals surface area contributed by atoms with E-state index in [2.05, 4.69) is 62.1 Å². The lowest BCUT2D eigenvalue weighted by Gasteiger charge is -2.27. The smallest absolute Gasteiger partial charge is 0.278 e. The molecular formula is C58H67ClN10O9S3. The number of amides is 5. The van der Waals surface area contributed by atoms with Gasteiger partial charge < -0.3 is 39.9 Å². The highest BCUT2D eigenvalue weighted by Gasteiger charge is 2.45. The number of carbonyl (C=O) groups excluding carboxylic acids is 6. The van der Waals surface area contributed by atoms with Crippen molar-refractivity contribution in [2.45, 2.75) is 61.5 Å². The number of hydrogen-bond acceptors (Lipinski definition) is 17. The van der Waals surface area contributed by atoms with Crippen molar-refractivity contribution in [2.24, 2.45) is 24.8 Å². The van der Waals surface area contributed by atoms with Gasteiger partial charge in [0.05, 0.1) is 60.4 Å². The van der Waals surface area contributed by atoms with E-state index < -0.39 is 29.7 Å². The van der Waals surface area contributed by atoms with E-state index >= 15 is 0 Å². The number of aryl methyl sites for hydroxylation is 3. The molecule has 6 N–H and O–H groups in total. The van der Waals surface area contributed by atoms with Crippen molar-refractivity contribution in [2.75, 3.05) is 77.0 Å². The van der Waals surface area contributed by atoms with Crippen LogP contribution >= 0.6 is 47.1 Å². The normalized spacial score (nSPS) is 17.1. The van der Waals surface area contributed by atoms with Crippen LogP contribution in [0.3, 0.4) is 0 Å². The molecule has 19 nitrogen and oxygen atoms in total. The molecule has 3 aliphatic heterocycles. The largest absolute Gasteiger partial charge is 0.493 e. The first kappa shape index (κ1) is 60.4. The minimum Gasteiger partial charge on any atom is -0.493 e. The molecule has 1 unspecified atom stereocenters. The lowest BCUT2D eigenvalue weighted by Crippen LogP contribution is -2.54. The van der Waals surface area contributed by atoms with Crippen molar-refractivity contribution < 1.29 is 43.0 Å². The summed E-state index contributed by atoms with van der Waals surface area (Å²) in [5.74, 6) is 1.32. The zero-order chi connectivity index (χ0) is 57.6. The summed E-state index contributed by atoms with van der Waals surface area (Å²) in [7, 11) is 7.59. The van der Waals surface area contributed by atoms with Gasteiger partial charge in [-0.05, 0) is 92.5 Å². The second-order valence-electron chi connectivity index (χ2n) is 19.2. The van der Waals surface area contributed by atoms with Crippen LogP contribution in [0.5, 0.6) is 5.75 Å². The summed E-state index contributed by atoms with van der Waals surface area (Å²) in [6, 6.07) is 22.7. The number of anilines is 1. The first-order valence-corrected chi connectivity index (χ1v) is 30.1. The second-order valence-corrected chi connectivity index (χ2v) is 22.5. The van der Waals surface area contributed by atoms with Crippen molar-refractivity contribution in [3.8, 4) is 5.75 Å². The van der Waals surface area contributed by atoms with E-state index in [4.69, 9.17) is 36.6 Å². The first-order valence-electron chi connectivity index (χ1n) is 26.6. The summed E-state index contributed by atoms with van der Waals surface area (Å²) >= 11 is 11.9. The average molecular weight is 1180 g/mol. The third kappa shape index (κ3) is 14.3. The number of benzene rings is 4. The van der Waals surface area contributed by atoms with Crippen LogP contribution in [0, 0.1) is 0 Å². The lowest BCUT2D eigenvalue weighted by molar-refractivity contribution is -0.136. The third-order valence-electron chi connectivity index (χ3n) is 13.8. The number of thioether (sulfide) groups is 2. The topological polar surface area (TPSA) is 243 Å². The van der Waals surface area contributed by atoms with Crippen LogP contribution in [0.1, 0.15) is 86.3 Å². The fourth-order valence-electron chi connectivity index (χ4n) is 9.91. The molecule has 0 saturated carbocycles. The molecule has 23 heteroatoms. The van der Waals surface area contributed by atoms with Gasteiger partial charge in [-0.2, -0.15) is 5.10 Å². The molecule has 8 bridgehead atoms.